The molecule has 0 saturated heterocycles. The molecule has 0 amide bonds. The van der Waals surface area contributed by atoms with Crippen molar-refractivity contribution in [2.45, 2.75) is 19.8 Å². The highest BCUT2D eigenvalue weighted by Crippen LogP contribution is 2.29. The normalized spacial score (nSPS) is 15.6. The van der Waals surface area contributed by atoms with Crippen molar-refractivity contribution in [1.82, 2.24) is 0 Å². The second kappa shape index (κ2) is 4.99. The molecule has 0 atom stereocenters. The summed E-state index contributed by atoms with van der Waals surface area (Å²) in [4.78, 5) is 0. The van der Waals surface area contributed by atoms with Crippen LogP contribution in [0.25, 0.3) is 0 Å². The van der Waals surface area contributed by atoms with E-state index in [0.29, 0.717) is 0 Å². The Morgan fingerprint density at radius 1 is 1.75 bits per heavy atom. The first kappa shape index (κ1) is 7.84. The van der Waals surface area contributed by atoms with Gasteiger partial charge in [-0.15, -0.1) is 0 Å². The average molecular weight is 129 g/mol. The van der Waals surface area contributed by atoms with Gasteiger partial charge in [0.1, 0.15) is 0 Å². The third-order valence-electron chi connectivity index (χ3n) is 0.955. The Morgan fingerprint density at radius 3 is 2.12 bits per heavy atom. The first-order chi connectivity index (χ1) is 3.85. The summed E-state index contributed by atoms with van der Waals surface area (Å²) >= 11 is 4.08. The molecule has 0 heterocycles. The minimum atomic E-state index is 0.998. The van der Waals surface area contributed by atoms with E-state index in [1.807, 2.05) is 0 Å². The molecule has 0 N–H and O–H groups in total. The first-order valence-electron chi connectivity index (χ1n) is 2.76. The second-order valence-electron chi connectivity index (χ2n) is 1.85. The van der Waals surface area contributed by atoms with Crippen LogP contribution < -0.4 is 0 Å². The fourth-order valence-corrected chi connectivity index (χ4v) is 0.666. The highest BCUT2D eigenvalue weighted by molar-refractivity contribution is 7.80. The molecule has 0 unspecified atom stereocenters. The van der Waals surface area contributed by atoms with Crippen LogP contribution in [-0.4, -0.2) is 5.75 Å². The summed E-state index contributed by atoms with van der Waals surface area (Å²) in [5.41, 5.74) is 0. The molecule has 0 spiro atoms. The Kier molecular flexibility index (Phi) is 4.89. The van der Waals surface area contributed by atoms with E-state index in [1.165, 1.54) is 19.8 Å². The molecule has 0 bridgehead atoms. The Morgan fingerprint density at radius 2 is 2.12 bits per heavy atom. The molecule has 2 heteroatoms. The van der Waals surface area contributed by atoms with Gasteiger partial charge in [0.2, 0.25) is 0 Å². The van der Waals surface area contributed by atoms with Crippen LogP contribution in [0.5, 0.6) is 0 Å². The lowest BCUT2D eigenvalue weighted by molar-refractivity contribution is 1.01. The molecule has 1 saturated carbocycles. The number of nitriles is 1. The lowest BCUT2D eigenvalue weighted by Gasteiger charge is -1.72. The zero-order valence-electron chi connectivity index (χ0n) is 5.09. The number of nitrogens with zero attached hydrogens (tertiary/aromatic N) is 1. The molecule has 1 rings (SSSR count). The molecular weight excluding hydrogens is 118 g/mol. The minimum Gasteiger partial charge on any atom is -0.199 e. The maximum absolute atomic E-state index is 7.32. The van der Waals surface area contributed by atoms with Crippen LogP contribution in [0.2, 0.25) is 0 Å². The molecule has 0 aromatic heterocycles. The van der Waals surface area contributed by atoms with Gasteiger partial charge in [-0.3, -0.25) is 0 Å². The lowest BCUT2D eigenvalue weighted by Crippen LogP contribution is -1.67. The van der Waals surface area contributed by atoms with Crippen molar-refractivity contribution >= 4 is 12.6 Å². The van der Waals surface area contributed by atoms with Gasteiger partial charge in [-0.25, -0.2) is 0 Å². The summed E-state index contributed by atoms with van der Waals surface area (Å²) in [6.45, 7) is 1.43. The molecule has 0 radical (unpaired) electrons. The van der Waals surface area contributed by atoms with E-state index < -0.39 is 0 Å². The largest absolute Gasteiger partial charge is 0.199 e. The zero-order valence-corrected chi connectivity index (χ0v) is 5.99. The Bertz CT molecular complexity index is 81.0. The Balaban J connectivity index is 0.000000145. The molecule has 1 aliphatic carbocycles. The lowest BCUT2D eigenvalue weighted by atomic mass is 10.5. The van der Waals surface area contributed by atoms with E-state index in [0.717, 1.165) is 11.7 Å². The summed E-state index contributed by atoms with van der Waals surface area (Å²) in [6, 6.07) is 1.75. The Hall–Kier alpha value is -0.160. The number of hydrogen-bond donors (Lipinski definition) is 1. The summed E-state index contributed by atoms with van der Waals surface area (Å²) in [7, 11) is 0. The van der Waals surface area contributed by atoms with Gasteiger partial charge >= 0.3 is 0 Å². The van der Waals surface area contributed by atoms with Crippen LogP contribution in [0.3, 0.4) is 0 Å². The third kappa shape index (κ3) is 5.84. The van der Waals surface area contributed by atoms with Crippen LogP contribution >= 0.6 is 12.6 Å². The summed E-state index contributed by atoms with van der Waals surface area (Å²) in [5.74, 6) is 2.11. The van der Waals surface area contributed by atoms with Gasteiger partial charge < -0.3 is 0 Å². The zero-order chi connectivity index (χ0) is 6.41. The number of hydrogen-bond acceptors (Lipinski definition) is 2. The van der Waals surface area contributed by atoms with Crippen molar-refractivity contribution in [3.05, 3.63) is 0 Å². The molecule has 46 valence electrons. The molecule has 0 aliphatic heterocycles. The standard InChI is InChI=1S/C4H8S.C2H3N/c5-3-4-1-2-4;1-2-3/h4-5H,1-3H2;1H3. The first-order valence-corrected chi connectivity index (χ1v) is 3.40. The van der Waals surface area contributed by atoms with E-state index in [-0.39, 0.29) is 0 Å². The molecule has 0 aromatic carbocycles. The topological polar surface area (TPSA) is 23.8 Å². The van der Waals surface area contributed by atoms with E-state index >= 15 is 0 Å². The Labute approximate surface area is 56.1 Å². The van der Waals surface area contributed by atoms with Gasteiger partial charge in [-0.1, -0.05) is 0 Å². The summed E-state index contributed by atoms with van der Waals surface area (Å²) in [6.07, 6.45) is 2.87. The van der Waals surface area contributed by atoms with Crippen LogP contribution in [-0.2, 0) is 0 Å². The van der Waals surface area contributed by atoms with E-state index in [4.69, 9.17) is 5.26 Å². The van der Waals surface area contributed by atoms with Crippen LogP contribution in [0, 0.1) is 17.2 Å². The molecule has 1 fully saturated rings. The van der Waals surface area contributed by atoms with Crippen molar-refractivity contribution in [3.63, 3.8) is 0 Å². The SMILES string of the molecule is CC#N.SCC1CC1. The van der Waals surface area contributed by atoms with Crippen LogP contribution in [0.1, 0.15) is 19.8 Å². The van der Waals surface area contributed by atoms with Gasteiger partial charge in [-0.2, -0.15) is 17.9 Å². The maximum Gasteiger partial charge on any atom is 0.0587 e. The summed E-state index contributed by atoms with van der Waals surface area (Å²) < 4.78 is 0. The van der Waals surface area contributed by atoms with Gasteiger partial charge in [0.05, 0.1) is 6.07 Å². The quantitative estimate of drug-likeness (QED) is 0.537. The highest BCUT2D eigenvalue weighted by Gasteiger charge is 2.17. The molecule has 1 aliphatic rings. The smallest absolute Gasteiger partial charge is 0.0587 e. The van der Waals surface area contributed by atoms with Gasteiger partial charge in [-0.05, 0) is 24.5 Å². The van der Waals surface area contributed by atoms with Gasteiger partial charge in [0.15, 0.2) is 0 Å². The average Bonchev–Trinajstić information content (AvgIpc) is 2.48. The van der Waals surface area contributed by atoms with Crippen molar-refractivity contribution in [2.24, 2.45) is 5.92 Å². The molecular formula is C6H11NS. The highest BCUT2D eigenvalue weighted by atomic mass is 32.1. The fraction of sp³-hybridized carbons (Fsp3) is 0.833. The third-order valence-corrected chi connectivity index (χ3v) is 1.47. The van der Waals surface area contributed by atoms with Crippen molar-refractivity contribution in [3.8, 4) is 6.07 Å². The van der Waals surface area contributed by atoms with Crippen molar-refractivity contribution < 1.29 is 0 Å². The van der Waals surface area contributed by atoms with Crippen LogP contribution in [0.15, 0.2) is 0 Å². The monoisotopic (exact) mass is 129 g/mol. The second-order valence-corrected chi connectivity index (χ2v) is 2.21. The van der Waals surface area contributed by atoms with Crippen LogP contribution in [0.4, 0.5) is 0 Å². The van der Waals surface area contributed by atoms with E-state index in [9.17, 15) is 0 Å². The maximum atomic E-state index is 7.32. The van der Waals surface area contributed by atoms with Crippen molar-refractivity contribution in [2.75, 3.05) is 5.75 Å². The minimum absolute atomic E-state index is 0.998. The molecule has 0 aromatic rings. The summed E-state index contributed by atoms with van der Waals surface area (Å²) in [5, 5.41) is 7.32. The van der Waals surface area contributed by atoms with E-state index in [2.05, 4.69) is 12.6 Å². The fourth-order valence-electron chi connectivity index (χ4n) is 0.300. The van der Waals surface area contributed by atoms with Crippen molar-refractivity contribution in [1.29, 1.82) is 5.26 Å². The number of rotatable bonds is 1. The predicted octanol–water partition coefficient (Wildman–Crippen LogP) is 1.86. The molecule has 1 nitrogen and oxygen atoms in total. The predicted molar refractivity (Wildman–Crippen MR) is 37.9 cm³/mol. The molecule has 8 heavy (non-hydrogen) atoms. The van der Waals surface area contributed by atoms with Gasteiger partial charge in [0, 0.05) is 6.92 Å². The van der Waals surface area contributed by atoms with E-state index in [1.54, 1.807) is 6.07 Å². The van der Waals surface area contributed by atoms with Gasteiger partial charge in [0.25, 0.3) is 0 Å². The number of thiol groups is 1.